The first-order valence-corrected chi connectivity index (χ1v) is 9.96. The number of hydrogen-bond donors (Lipinski definition) is 0. The van der Waals surface area contributed by atoms with Crippen LogP contribution < -0.4 is 0 Å². The molecule has 0 aromatic carbocycles. The molecule has 0 saturated heterocycles. The lowest BCUT2D eigenvalue weighted by atomic mass is 10.1. The fourth-order valence-electron chi connectivity index (χ4n) is 2.66. The molecule has 0 rings (SSSR count). The number of nitrogens with zero attached hydrogens (tertiary/aromatic N) is 1. The molecule has 148 valence electrons. The van der Waals surface area contributed by atoms with Crippen LogP contribution in [0, 0.1) is 0 Å². The first-order chi connectivity index (χ1) is 11.8. The minimum Gasteiger partial charge on any atom is -0.466 e. The molecule has 0 amide bonds. The maximum absolute atomic E-state index is 12.4. The number of rotatable bonds is 15. The van der Waals surface area contributed by atoms with Gasteiger partial charge < -0.3 is 14.0 Å². The summed E-state index contributed by atoms with van der Waals surface area (Å²) >= 11 is 0. The molecule has 0 fully saturated rings. The molecule has 0 heterocycles. The molecule has 0 N–H and O–H groups in total. The molecule has 0 aliphatic heterocycles. The SMILES string of the molecule is CCCCCCOC(=O)CCC(C(=O)OCCCCCC)[N+](C)(C)C. The van der Waals surface area contributed by atoms with Crippen LogP contribution in [-0.4, -0.2) is 56.8 Å². The van der Waals surface area contributed by atoms with Gasteiger partial charge in [0.05, 0.1) is 40.8 Å². The standard InChI is InChI=1S/C20H40NO4/c1-6-8-10-12-16-24-19(22)15-14-18(21(3,4)5)20(23)25-17-13-11-9-7-2/h18H,6-17H2,1-5H3/q+1. The lowest BCUT2D eigenvalue weighted by Gasteiger charge is -2.32. The summed E-state index contributed by atoms with van der Waals surface area (Å²) < 4.78 is 11.1. The first-order valence-electron chi connectivity index (χ1n) is 9.96. The second-order valence-corrected chi connectivity index (χ2v) is 7.68. The molecule has 0 bridgehead atoms. The van der Waals surface area contributed by atoms with Crippen molar-refractivity contribution in [2.45, 2.75) is 84.1 Å². The fourth-order valence-corrected chi connectivity index (χ4v) is 2.66. The number of carbonyl (C=O) groups is 2. The first kappa shape index (κ1) is 23.9. The summed E-state index contributed by atoms with van der Waals surface area (Å²) in [7, 11) is 5.87. The van der Waals surface area contributed by atoms with Gasteiger partial charge in [0.25, 0.3) is 0 Å². The fraction of sp³-hybridized carbons (Fsp3) is 0.900. The second kappa shape index (κ2) is 14.1. The Labute approximate surface area is 154 Å². The maximum atomic E-state index is 12.4. The molecule has 25 heavy (non-hydrogen) atoms. The Bertz CT molecular complexity index is 363. The predicted molar refractivity (Wildman–Crippen MR) is 101 cm³/mol. The minimum atomic E-state index is -0.334. The highest BCUT2D eigenvalue weighted by Gasteiger charge is 2.33. The van der Waals surface area contributed by atoms with Crippen LogP contribution in [0.1, 0.15) is 78.1 Å². The van der Waals surface area contributed by atoms with E-state index in [-0.39, 0.29) is 24.4 Å². The molecule has 0 aliphatic rings. The quantitative estimate of drug-likeness (QED) is 0.251. The number of ether oxygens (including phenoxy) is 2. The molecule has 1 unspecified atom stereocenters. The van der Waals surface area contributed by atoms with Crippen molar-refractivity contribution in [3.05, 3.63) is 0 Å². The van der Waals surface area contributed by atoms with Gasteiger partial charge in [-0.1, -0.05) is 52.4 Å². The highest BCUT2D eigenvalue weighted by molar-refractivity contribution is 5.76. The lowest BCUT2D eigenvalue weighted by Crippen LogP contribution is -2.50. The Morgan fingerprint density at radius 2 is 1.32 bits per heavy atom. The van der Waals surface area contributed by atoms with Crippen LogP contribution in [0.25, 0.3) is 0 Å². The van der Waals surface area contributed by atoms with Crippen LogP contribution in [-0.2, 0) is 19.1 Å². The molecule has 0 aromatic rings. The van der Waals surface area contributed by atoms with Crippen LogP contribution in [0.3, 0.4) is 0 Å². The van der Waals surface area contributed by atoms with Crippen molar-refractivity contribution in [1.82, 2.24) is 0 Å². The van der Waals surface area contributed by atoms with E-state index in [0.29, 0.717) is 24.1 Å². The zero-order valence-corrected chi connectivity index (χ0v) is 17.1. The van der Waals surface area contributed by atoms with Crippen molar-refractivity contribution >= 4 is 11.9 Å². The monoisotopic (exact) mass is 358 g/mol. The van der Waals surface area contributed by atoms with Crippen LogP contribution in [0.2, 0.25) is 0 Å². The van der Waals surface area contributed by atoms with E-state index < -0.39 is 0 Å². The smallest absolute Gasteiger partial charge is 0.364 e. The third kappa shape index (κ3) is 12.9. The van der Waals surface area contributed by atoms with E-state index in [0.717, 1.165) is 32.1 Å². The normalized spacial score (nSPS) is 12.7. The summed E-state index contributed by atoms with van der Waals surface area (Å²) in [4.78, 5) is 24.3. The third-order valence-electron chi connectivity index (χ3n) is 4.33. The topological polar surface area (TPSA) is 52.6 Å². The van der Waals surface area contributed by atoms with Gasteiger partial charge in [0.15, 0.2) is 6.04 Å². The van der Waals surface area contributed by atoms with Gasteiger partial charge in [0.1, 0.15) is 0 Å². The highest BCUT2D eigenvalue weighted by atomic mass is 16.5. The highest BCUT2D eigenvalue weighted by Crippen LogP contribution is 2.14. The molecule has 5 heteroatoms. The van der Waals surface area contributed by atoms with Gasteiger partial charge in [0, 0.05) is 6.42 Å². The summed E-state index contributed by atoms with van der Waals surface area (Å²) in [5.74, 6) is -0.426. The lowest BCUT2D eigenvalue weighted by molar-refractivity contribution is -0.887. The summed E-state index contributed by atoms with van der Waals surface area (Å²) in [6, 6.07) is -0.334. The number of hydrogen-bond acceptors (Lipinski definition) is 4. The van der Waals surface area contributed by atoms with E-state index in [1.807, 2.05) is 21.1 Å². The third-order valence-corrected chi connectivity index (χ3v) is 4.33. The molecule has 0 aromatic heterocycles. The Kier molecular flexibility index (Phi) is 13.5. The maximum Gasteiger partial charge on any atom is 0.364 e. The average molecular weight is 359 g/mol. The Morgan fingerprint density at radius 1 is 0.800 bits per heavy atom. The molecule has 0 radical (unpaired) electrons. The molecule has 1 atom stereocenters. The van der Waals surface area contributed by atoms with Gasteiger partial charge in [-0.2, -0.15) is 0 Å². The number of esters is 2. The van der Waals surface area contributed by atoms with E-state index in [2.05, 4.69) is 13.8 Å². The minimum absolute atomic E-state index is 0.209. The largest absolute Gasteiger partial charge is 0.466 e. The number of likely N-dealkylation sites (N-methyl/N-ethyl adjacent to an activating group) is 1. The molecule has 0 saturated carbocycles. The van der Waals surface area contributed by atoms with Crippen molar-refractivity contribution in [2.24, 2.45) is 0 Å². The summed E-state index contributed by atoms with van der Waals surface area (Å²) in [5.41, 5.74) is 0. The number of carbonyl (C=O) groups excluding carboxylic acids is 2. The Balaban J connectivity index is 4.18. The van der Waals surface area contributed by atoms with Gasteiger partial charge in [-0.25, -0.2) is 4.79 Å². The van der Waals surface area contributed by atoms with Crippen LogP contribution in [0.15, 0.2) is 0 Å². The summed E-state index contributed by atoms with van der Waals surface area (Å²) in [5, 5.41) is 0. The van der Waals surface area contributed by atoms with Gasteiger partial charge in [0.2, 0.25) is 0 Å². The number of quaternary nitrogens is 1. The molecule has 5 nitrogen and oxygen atoms in total. The Hall–Kier alpha value is -1.10. The molecule has 0 aliphatic carbocycles. The van der Waals surface area contributed by atoms with Gasteiger partial charge >= 0.3 is 11.9 Å². The molecular weight excluding hydrogens is 318 g/mol. The van der Waals surface area contributed by atoms with Crippen molar-refractivity contribution in [3.63, 3.8) is 0 Å². The average Bonchev–Trinajstić information content (AvgIpc) is 2.53. The van der Waals surface area contributed by atoms with Gasteiger partial charge in [-0.15, -0.1) is 0 Å². The number of unbranched alkanes of at least 4 members (excludes halogenated alkanes) is 6. The van der Waals surface area contributed by atoms with E-state index in [4.69, 9.17) is 9.47 Å². The van der Waals surface area contributed by atoms with E-state index >= 15 is 0 Å². The van der Waals surface area contributed by atoms with Crippen LogP contribution in [0.4, 0.5) is 0 Å². The Morgan fingerprint density at radius 3 is 1.80 bits per heavy atom. The van der Waals surface area contributed by atoms with E-state index in [9.17, 15) is 9.59 Å². The van der Waals surface area contributed by atoms with Crippen LogP contribution >= 0.6 is 0 Å². The van der Waals surface area contributed by atoms with Crippen LogP contribution in [0.5, 0.6) is 0 Å². The van der Waals surface area contributed by atoms with Crippen molar-refractivity contribution in [1.29, 1.82) is 0 Å². The van der Waals surface area contributed by atoms with E-state index in [1.165, 1.54) is 19.3 Å². The van der Waals surface area contributed by atoms with Crippen molar-refractivity contribution < 1.29 is 23.5 Å². The molecule has 0 spiro atoms. The zero-order chi connectivity index (χ0) is 19.1. The summed E-state index contributed by atoms with van der Waals surface area (Å²) in [6.45, 7) is 5.26. The van der Waals surface area contributed by atoms with Gasteiger partial charge in [-0.05, 0) is 12.8 Å². The summed E-state index contributed by atoms with van der Waals surface area (Å²) in [6.07, 6.45) is 9.39. The molecular formula is C20H40NO4+. The second-order valence-electron chi connectivity index (χ2n) is 7.68. The van der Waals surface area contributed by atoms with Crippen molar-refractivity contribution in [2.75, 3.05) is 34.4 Å². The predicted octanol–water partition coefficient (Wildman–Crippen LogP) is 4.09. The van der Waals surface area contributed by atoms with Crippen molar-refractivity contribution in [3.8, 4) is 0 Å². The van der Waals surface area contributed by atoms with E-state index in [1.54, 1.807) is 0 Å². The van der Waals surface area contributed by atoms with Gasteiger partial charge in [-0.3, -0.25) is 4.79 Å². The zero-order valence-electron chi connectivity index (χ0n) is 17.1.